The minimum atomic E-state index is -0.888. The second-order valence-corrected chi connectivity index (χ2v) is 4.45. The van der Waals surface area contributed by atoms with E-state index in [4.69, 9.17) is 10.8 Å². The molecule has 0 radical (unpaired) electrons. The number of rotatable bonds is 4. The van der Waals surface area contributed by atoms with Crippen molar-refractivity contribution < 1.29 is 9.90 Å². The van der Waals surface area contributed by atoms with Crippen molar-refractivity contribution in [3.63, 3.8) is 0 Å². The molecule has 0 aliphatic heterocycles. The summed E-state index contributed by atoms with van der Waals surface area (Å²) in [4.78, 5) is 10.6. The van der Waals surface area contributed by atoms with E-state index < -0.39 is 12.0 Å². The normalized spacial score (nSPS) is 20.6. The van der Waals surface area contributed by atoms with Gasteiger partial charge < -0.3 is 10.8 Å². The quantitative estimate of drug-likeness (QED) is 0.668. The minimum Gasteiger partial charge on any atom is -0.480 e. The number of hydrogen-bond donors (Lipinski definition) is 2. The number of carbonyl (C=O) groups is 1. The monoisotopic (exact) mass is 171 g/mol. The lowest BCUT2D eigenvalue weighted by Crippen LogP contribution is -2.44. The SMILES string of the molecule is CC(C)(CC1CC1)C(N)C(=O)O. The van der Waals surface area contributed by atoms with E-state index in [1.54, 1.807) is 0 Å². The molecule has 3 N–H and O–H groups in total. The fourth-order valence-electron chi connectivity index (χ4n) is 1.53. The summed E-state index contributed by atoms with van der Waals surface area (Å²) in [5, 5.41) is 8.73. The zero-order valence-electron chi connectivity index (χ0n) is 7.71. The molecule has 0 heterocycles. The van der Waals surface area contributed by atoms with Crippen LogP contribution in [0.2, 0.25) is 0 Å². The maximum atomic E-state index is 10.6. The minimum absolute atomic E-state index is 0.257. The zero-order chi connectivity index (χ0) is 9.35. The van der Waals surface area contributed by atoms with Gasteiger partial charge in [0.2, 0.25) is 0 Å². The first kappa shape index (κ1) is 9.52. The third-order valence-electron chi connectivity index (χ3n) is 2.62. The van der Waals surface area contributed by atoms with E-state index in [-0.39, 0.29) is 5.41 Å². The molecular formula is C9H17NO2. The third kappa shape index (κ3) is 2.21. The van der Waals surface area contributed by atoms with Gasteiger partial charge in [-0.3, -0.25) is 4.79 Å². The lowest BCUT2D eigenvalue weighted by molar-refractivity contribution is -0.141. The Balaban J connectivity index is 2.49. The van der Waals surface area contributed by atoms with Crippen molar-refractivity contribution >= 4 is 5.97 Å². The maximum Gasteiger partial charge on any atom is 0.321 e. The molecule has 0 aromatic heterocycles. The van der Waals surface area contributed by atoms with Crippen LogP contribution in [0, 0.1) is 11.3 Å². The van der Waals surface area contributed by atoms with E-state index in [2.05, 4.69) is 0 Å². The van der Waals surface area contributed by atoms with E-state index in [0.29, 0.717) is 0 Å². The van der Waals surface area contributed by atoms with Gasteiger partial charge >= 0.3 is 5.97 Å². The number of hydrogen-bond acceptors (Lipinski definition) is 2. The molecule has 3 heteroatoms. The molecule has 1 aliphatic rings. The molecule has 0 spiro atoms. The maximum absolute atomic E-state index is 10.6. The molecule has 0 aromatic carbocycles. The predicted molar refractivity (Wildman–Crippen MR) is 46.7 cm³/mol. The molecule has 70 valence electrons. The standard InChI is InChI=1S/C9H17NO2/c1-9(2,5-6-3-4-6)7(10)8(11)12/h6-7H,3-5,10H2,1-2H3,(H,11,12). The summed E-state index contributed by atoms with van der Waals surface area (Å²) >= 11 is 0. The highest BCUT2D eigenvalue weighted by Crippen LogP contribution is 2.41. The van der Waals surface area contributed by atoms with E-state index in [9.17, 15) is 4.79 Å². The van der Waals surface area contributed by atoms with Gasteiger partial charge in [-0.1, -0.05) is 26.7 Å². The molecule has 0 amide bonds. The van der Waals surface area contributed by atoms with Crippen molar-refractivity contribution in [2.24, 2.45) is 17.1 Å². The van der Waals surface area contributed by atoms with Crippen molar-refractivity contribution in [2.45, 2.75) is 39.2 Å². The van der Waals surface area contributed by atoms with Gasteiger partial charge in [-0.15, -0.1) is 0 Å². The van der Waals surface area contributed by atoms with Crippen molar-refractivity contribution in [3.05, 3.63) is 0 Å². The number of carboxylic acids is 1. The first-order chi connectivity index (χ1) is 5.43. The molecule has 1 atom stereocenters. The van der Waals surface area contributed by atoms with Crippen LogP contribution in [-0.4, -0.2) is 17.1 Å². The Morgan fingerprint density at radius 2 is 2.17 bits per heavy atom. The molecule has 1 aliphatic carbocycles. The summed E-state index contributed by atoms with van der Waals surface area (Å²) in [6.45, 7) is 3.87. The number of aliphatic carboxylic acids is 1. The Morgan fingerprint density at radius 1 is 1.67 bits per heavy atom. The Kier molecular flexibility index (Phi) is 2.42. The number of carboxylic acid groups (broad SMARTS) is 1. The topological polar surface area (TPSA) is 63.3 Å². The average molecular weight is 171 g/mol. The summed E-state index contributed by atoms with van der Waals surface area (Å²) in [5.74, 6) is -0.161. The lowest BCUT2D eigenvalue weighted by atomic mass is 9.80. The highest BCUT2D eigenvalue weighted by molar-refractivity contribution is 5.74. The van der Waals surface area contributed by atoms with E-state index in [1.807, 2.05) is 13.8 Å². The highest BCUT2D eigenvalue weighted by atomic mass is 16.4. The first-order valence-corrected chi connectivity index (χ1v) is 4.42. The van der Waals surface area contributed by atoms with Crippen LogP contribution in [0.25, 0.3) is 0 Å². The van der Waals surface area contributed by atoms with Crippen LogP contribution >= 0.6 is 0 Å². The van der Waals surface area contributed by atoms with E-state index >= 15 is 0 Å². The average Bonchev–Trinajstić information content (AvgIpc) is 2.69. The molecule has 3 nitrogen and oxygen atoms in total. The Morgan fingerprint density at radius 3 is 2.50 bits per heavy atom. The molecular weight excluding hydrogens is 154 g/mol. The zero-order valence-corrected chi connectivity index (χ0v) is 7.71. The van der Waals surface area contributed by atoms with Gasteiger partial charge in [-0.2, -0.15) is 0 Å². The van der Waals surface area contributed by atoms with Gasteiger partial charge in [-0.25, -0.2) is 0 Å². The van der Waals surface area contributed by atoms with Gasteiger partial charge in [0.1, 0.15) is 6.04 Å². The summed E-state index contributed by atoms with van der Waals surface area (Å²) in [7, 11) is 0. The molecule has 12 heavy (non-hydrogen) atoms. The van der Waals surface area contributed by atoms with Gasteiger partial charge in [0.15, 0.2) is 0 Å². The largest absolute Gasteiger partial charge is 0.480 e. The third-order valence-corrected chi connectivity index (χ3v) is 2.62. The van der Waals surface area contributed by atoms with Crippen LogP contribution in [0.15, 0.2) is 0 Å². The summed E-state index contributed by atoms with van der Waals surface area (Å²) < 4.78 is 0. The van der Waals surface area contributed by atoms with Crippen LogP contribution < -0.4 is 5.73 Å². The summed E-state index contributed by atoms with van der Waals surface area (Å²) in [5.41, 5.74) is 5.31. The van der Waals surface area contributed by atoms with Crippen LogP contribution in [0.1, 0.15) is 33.1 Å². The van der Waals surface area contributed by atoms with Crippen LogP contribution in [0.5, 0.6) is 0 Å². The predicted octanol–water partition coefficient (Wildman–Crippen LogP) is 1.22. The Bertz CT molecular complexity index is 185. The van der Waals surface area contributed by atoms with Gasteiger partial charge in [0.25, 0.3) is 0 Å². The van der Waals surface area contributed by atoms with Gasteiger partial charge in [0, 0.05) is 0 Å². The molecule has 0 bridgehead atoms. The molecule has 1 rings (SSSR count). The Labute approximate surface area is 72.9 Å². The first-order valence-electron chi connectivity index (χ1n) is 4.42. The fraction of sp³-hybridized carbons (Fsp3) is 0.889. The van der Waals surface area contributed by atoms with E-state index in [0.717, 1.165) is 12.3 Å². The van der Waals surface area contributed by atoms with Crippen molar-refractivity contribution in [2.75, 3.05) is 0 Å². The summed E-state index contributed by atoms with van der Waals surface area (Å²) in [6.07, 6.45) is 3.44. The lowest BCUT2D eigenvalue weighted by Gasteiger charge is -2.28. The number of nitrogens with two attached hydrogens (primary N) is 1. The second-order valence-electron chi connectivity index (χ2n) is 4.45. The molecule has 1 unspecified atom stereocenters. The Hall–Kier alpha value is -0.570. The fourth-order valence-corrected chi connectivity index (χ4v) is 1.53. The second kappa shape index (κ2) is 3.05. The van der Waals surface area contributed by atoms with Gasteiger partial charge in [-0.05, 0) is 17.8 Å². The van der Waals surface area contributed by atoms with Crippen LogP contribution in [0.4, 0.5) is 0 Å². The molecule has 0 aromatic rings. The smallest absolute Gasteiger partial charge is 0.321 e. The van der Waals surface area contributed by atoms with Crippen molar-refractivity contribution in [3.8, 4) is 0 Å². The van der Waals surface area contributed by atoms with E-state index in [1.165, 1.54) is 12.8 Å². The van der Waals surface area contributed by atoms with Gasteiger partial charge in [0.05, 0.1) is 0 Å². The summed E-state index contributed by atoms with van der Waals surface area (Å²) in [6, 6.07) is -0.724. The van der Waals surface area contributed by atoms with Crippen LogP contribution in [0.3, 0.4) is 0 Å². The molecule has 1 saturated carbocycles. The molecule has 0 saturated heterocycles. The highest BCUT2D eigenvalue weighted by Gasteiger charge is 2.37. The molecule has 1 fully saturated rings. The van der Waals surface area contributed by atoms with Crippen molar-refractivity contribution in [1.29, 1.82) is 0 Å². The van der Waals surface area contributed by atoms with Crippen LogP contribution in [-0.2, 0) is 4.79 Å². The van der Waals surface area contributed by atoms with Crippen molar-refractivity contribution in [1.82, 2.24) is 0 Å².